The minimum Gasteiger partial charge on any atom is -0.313 e. The first-order valence-corrected chi connectivity index (χ1v) is 6.98. The Hall–Kier alpha value is -0.380. The maximum atomic E-state index is 3.54. The van der Waals surface area contributed by atoms with Crippen molar-refractivity contribution < 1.29 is 0 Å². The smallest absolute Gasteiger partial charge is 0.0328 e. The molecular formula is C13H22N2S. The van der Waals surface area contributed by atoms with Crippen molar-refractivity contribution in [3.05, 3.63) is 21.4 Å². The molecule has 3 heteroatoms. The Bertz CT molecular complexity index is 326. The molecule has 1 unspecified atom stereocenters. The molecule has 0 aromatic carbocycles. The number of nitrogens with one attached hydrogen (secondary N) is 1. The Labute approximate surface area is 103 Å². The van der Waals surface area contributed by atoms with E-state index in [2.05, 4.69) is 37.1 Å². The lowest BCUT2D eigenvalue weighted by molar-refractivity contribution is 0.267. The van der Waals surface area contributed by atoms with Crippen LogP contribution in [0.3, 0.4) is 0 Å². The molecule has 1 atom stereocenters. The molecule has 0 bridgehead atoms. The van der Waals surface area contributed by atoms with Crippen molar-refractivity contribution in [3.63, 3.8) is 0 Å². The zero-order valence-corrected chi connectivity index (χ0v) is 11.4. The van der Waals surface area contributed by atoms with E-state index in [9.17, 15) is 0 Å². The van der Waals surface area contributed by atoms with Gasteiger partial charge in [0.2, 0.25) is 0 Å². The predicted molar refractivity (Wildman–Crippen MR) is 71.2 cm³/mol. The lowest BCUT2D eigenvalue weighted by Crippen LogP contribution is -2.34. The van der Waals surface area contributed by atoms with E-state index in [1.165, 1.54) is 41.4 Å². The molecule has 0 amide bonds. The van der Waals surface area contributed by atoms with Crippen LogP contribution in [0.2, 0.25) is 0 Å². The molecule has 1 fully saturated rings. The first kappa shape index (κ1) is 12.1. The largest absolute Gasteiger partial charge is 0.313 e. The van der Waals surface area contributed by atoms with Gasteiger partial charge >= 0.3 is 0 Å². The second-order valence-corrected chi connectivity index (χ2v) is 6.24. The van der Waals surface area contributed by atoms with Crippen LogP contribution >= 0.6 is 11.3 Å². The van der Waals surface area contributed by atoms with Crippen molar-refractivity contribution in [1.82, 2.24) is 10.2 Å². The van der Waals surface area contributed by atoms with Crippen molar-refractivity contribution >= 4 is 11.3 Å². The summed E-state index contributed by atoms with van der Waals surface area (Å²) in [6, 6.07) is 2.98. The molecule has 0 saturated carbocycles. The SMILES string of the molecule is Cc1cc(CN2CCCNC(C)C2)sc1C. The first-order valence-electron chi connectivity index (χ1n) is 6.17. The normalized spacial score (nSPS) is 23.3. The van der Waals surface area contributed by atoms with Gasteiger partial charge in [-0.2, -0.15) is 0 Å². The number of aryl methyl sites for hydroxylation is 2. The van der Waals surface area contributed by atoms with Gasteiger partial charge < -0.3 is 5.32 Å². The fourth-order valence-corrected chi connectivity index (χ4v) is 3.38. The van der Waals surface area contributed by atoms with Gasteiger partial charge in [-0.15, -0.1) is 11.3 Å². The van der Waals surface area contributed by atoms with Crippen LogP contribution in [0.15, 0.2) is 6.07 Å². The highest BCUT2D eigenvalue weighted by Crippen LogP contribution is 2.22. The zero-order chi connectivity index (χ0) is 11.5. The fraction of sp³-hybridized carbons (Fsp3) is 0.692. The van der Waals surface area contributed by atoms with Gasteiger partial charge in [-0.1, -0.05) is 0 Å². The van der Waals surface area contributed by atoms with E-state index < -0.39 is 0 Å². The molecule has 1 aromatic rings. The summed E-state index contributed by atoms with van der Waals surface area (Å²) in [6.07, 6.45) is 1.27. The van der Waals surface area contributed by atoms with Crippen LogP contribution in [0.5, 0.6) is 0 Å². The Morgan fingerprint density at radius 2 is 2.31 bits per heavy atom. The summed E-state index contributed by atoms with van der Waals surface area (Å²) in [4.78, 5) is 5.56. The Morgan fingerprint density at radius 1 is 1.50 bits per heavy atom. The summed E-state index contributed by atoms with van der Waals surface area (Å²) in [5.41, 5.74) is 1.45. The average Bonchev–Trinajstić information content (AvgIpc) is 2.43. The zero-order valence-electron chi connectivity index (χ0n) is 10.5. The number of thiophene rings is 1. The van der Waals surface area contributed by atoms with Gasteiger partial charge in [0.05, 0.1) is 0 Å². The molecule has 2 heterocycles. The second-order valence-electron chi connectivity index (χ2n) is 4.90. The van der Waals surface area contributed by atoms with Gasteiger partial charge in [0.15, 0.2) is 0 Å². The minimum absolute atomic E-state index is 0.629. The summed E-state index contributed by atoms with van der Waals surface area (Å²) < 4.78 is 0. The van der Waals surface area contributed by atoms with Crippen molar-refractivity contribution in [2.75, 3.05) is 19.6 Å². The molecule has 0 aliphatic carbocycles. The molecule has 1 aliphatic rings. The highest BCUT2D eigenvalue weighted by atomic mass is 32.1. The van der Waals surface area contributed by atoms with Crippen LogP contribution in [0.4, 0.5) is 0 Å². The van der Waals surface area contributed by atoms with Crippen LogP contribution in [-0.4, -0.2) is 30.6 Å². The summed E-state index contributed by atoms with van der Waals surface area (Å²) in [5.74, 6) is 0. The van der Waals surface area contributed by atoms with Crippen molar-refractivity contribution in [1.29, 1.82) is 0 Å². The van der Waals surface area contributed by atoms with E-state index >= 15 is 0 Å². The first-order chi connectivity index (χ1) is 7.65. The van der Waals surface area contributed by atoms with Gasteiger partial charge in [0.1, 0.15) is 0 Å². The Balaban J connectivity index is 1.97. The standard InChI is InChI=1S/C13H22N2S/c1-10-7-13(16-12(10)3)9-15-6-4-5-14-11(2)8-15/h7,11,14H,4-6,8-9H2,1-3H3. The number of nitrogens with zero attached hydrogens (tertiary/aromatic N) is 1. The van der Waals surface area contributed by atoms with E-state index in [0.717, 1.165) is 6.54 Å². The third-order valence-corrected chi connectivity index (χ3v) is 4.41. The summed E-state index contributed by atoms with van der Waals surface area (Å²) in [6.45, 7) is 11.4. The van der Waals surface area contributed by atoms with Gasteiger partial charge in [0, 0.05) is 28.9 Å². The molecule has 1 saturated heterocycles. The topological polar surface area (TPSA) is 15.3 Å². The maximum Gasteiger partial charge on any atom is 0.0328 e. The summed E-state index contributed by atoms with van der Waals surface area (Å²) in [5, 5.41) is 3.54. The van der Waals surface area contributed by atoms with Gasteiger partial charge in [0.25, 0.3) is 0 Å². The molecule has 0 spiro atoms. The Kier molecular flexibility index (Phi) is 4.00. The van der Waals surface area contributed by atoms with E-state index in [4.69, 9.17) is 0 Å². The third-order valence-electron chi connectivity index (χ3n) is 3.27. The van der Waals surface area contributed by atoms with E-state index in [0.29, 0.717) is 6.04 Å². The third kappa shape index (κ3) is 3.06. The molecule has 1 N–H and O–H groups in total. The summed E-state index contributed by atoms with van der Waals surface area (Å²) >= 11 is 1.95. The molecule has 1 aliphatic heterocycles. The van der Waals surface area contributed by atoms with E-state index in [1.54, 1.807) is 0 Å². The van der Waals surface area contributed by atoms with Gasteiger partial charge in [-0.3, -0.25) is 4.90 Å². The van der Waals surface area contributed by atoms with E-state index in [-0.39, 0.29) is 0 Å². The van der Waals surface area contributed by atoms with Crippen molar-refractivity contribution in [3.8, 4) is 0 Å². The quantitative estimate of drug-likeness (QED) is 0.852. The average molecular weight is 238 g/mol. The molecule has 90 valence electrons. The predicted octanol–water partition coefficient (Wildman–Crippen LogP) is 2.55. The van der Waals surface area contributed by atoms with Crippen LogP contribution in [0.25, 0.3) is 0 Å². The summed E-state index contributed by atoms with van der Waals surface area (Å²) in [7, 11) is 0. The minimum atomic E-state index is 0.629. The maximum absolute atomic E-state index is 3.54. The van der Waals surface area contributed by atoms with Crippen LogP contribution in [-0.2, 0) is 6.54 Å². The van der Waals surface area contributed by atoms with E-state index in [1.807, 2.05) is 11.3 Å². The second kappa shape index (κ2) is 5.30. The molecule has 16 heavy (non-hydrogen) atoms. The molecule has 2 nitrogen and oxygen atoms in total. The molecular weight excluding hydrogens is 216 g/mol. The molecule has 2 rings (SSSR count). The van der Waals surface area contributed by atoms with Crippen LogP contribution < -0.4 is 5.32 Å². The molecule has 0 radical (unpaired) electrons. The van der Waals surface area contributed by atoms with Crippen LogP contribution in [0, 0.1) is 13.8 Å². The highest BCUT2D eigenvalue weighted by molar-refractivity contribution is 7.12. The lowest BCUT2D eigenvalue weighted by Gasteiger charge is -2.21. The van der Waals surface area contributed by atoms with Crippen LogP contribution in [0.1, 0.15) is 28.7 Å². The number of hydrogen-bond donors (Lipinski definition) is 1. The Morgan fingerprint density at radius 3 is 3.00 bits per heavy atom. The monoisotopic (exact) mass is 238 g/mol. The molecule has 1 aromatic heterocycles. The highest BCUT2D eigenvalue weighted by Gasteiger charge is 2.15. The number of hydrogen-bond acceptors (Lipinski definition) is 3. The fourth-order valence-electron chi connectivity index (χ4n) is 2.29. The van der Waals surface area contributed by atoms with Crippen molar-refractivity contribution in [2.45, 2.75) is 39.8 Å². The number of rotatable bonds is 2. The lowest BCUT2D eigenvalue weighted by atomic mass is 10.2. The van der Waals surface area contributed by atoms with Gasteiger partial charge in [-0.05, 0) is 51.9 Å². The van der Waals surface area contributed by atoms with Crippen molar-refractivity contribution in [2.24, 2.45) is 0 Å². The van der Waals surface area contributed by atoms with Gasteiger partial charge in [-0.25, -0.2) is 0 Å².